The van der Waals surface area contributed by atoms with Crippen molar-refractivity contribution >= 4 is 22.2 Å². The number of carbonyl (C=O) groups is 1. The molecule has 1 N–H and O–H groups in total. The maximum atomic E-state index is 12.2. The lowest BCUT2D eigenvalue weighted by Gasteiger charge is -2.14. The summed E-state index contributed by atoms with van der Waals surface area (Å²) in [5.74, 6) is 1.38. The maximum absolute atomic E-state index is 12.2. The Bertz CT molecular complexity index is 764. The second-order valence-electron chi connectivity index (χ2n) is 5.90. The van der Waals surface area contributed by atoms with E-state index < -0.39 is 0 Å². The average Bonchev–Trinajstić information content (AvgIpc) is 3.29. The first kappa shape index (κ1) is 14.5. The van der Waals surface area contributed by atoms with E-state index in [4.69, 9.17) is 4.42 Å². The molecule has 0 bridgehead atoms. The van der Waals surface area contributed by atoms with Gasteiger partial charge in [-0.25, -0.2) is 4.98 Å². The zero-order chi connectivity index (χ0) is 15.6. The molecule has 3 aromatic rings. The Kier molecular flexibility index (Phi) is 3.88. The SMILES string of the molecule is O=C(NC[C@@H]1CCN(Cc2ccco2)C1)c1cn2ccsc2n1. The number of imidazole rings is 1. The summed E-state index contributed by atoms with van der Waals surface area (Å²) >= 11 is 1.53. The fourth-order valence-electron chi connectivity index (χ4n) is 3.01. The van der Waals surface area contributed by atoms with E-state index >= 15 is 0 Å². The summed E-state index contributed by atoms with van der Waals surface area (Å²) < 4.78 is 7.26. The molecule has 3 aromatic heterocycles. The zero-order valence-corrected chi connectivity index (χ0v) is 13.5. The molecule has 1 aliphatic heterocycles. The number of hydrogen-bond donors (Lipinski definition) is 1. The molecule has 4 rings (SSSR count). The Morgan fingerprint density at radius 2 is 2.48 bits per heavy atom. The molecule has 1 aliphatic rings. The van der Waals surface area contributed by atoms with Gasteiger partial charge in [0.25, 0.3) is 5.91 Å². The molecule has 6 nitrogen and oxygen atoms in total. The van der Waals surface area contributed by atoms with Gasteiger partial charge in [-0.05, 0) is 31.0 Å². The van der Waals surface area contributed by atoms with Crippen LogP contribution in [0, 0.1) is 5.92 Å². The molecule has 23 heavy (non-hydrogen) atoms. The Morgan fingerprint density at radius 3 is 3.30 bits per heavy atom. The van der Waals surface area contributed by atoms with Gasteiger partial charge in [-0.3, -0.25) is 14.1 Å². The van der Waals surface area contributed by atoms with Crippen molar-refractivity contribution in [3.8, 4) is 0 Å². The Morgan fingerprint density at radius 1 is 1.52 bits per heavy atom. The Hall–Kier alpha value is -2.12. The minimum atomic E-state index is -0.0922. The Labute approximate surface area is 137 Å². The van der Waals surface area contributed by atoms with Crippen LogP contribution < -0.4 is 5.32 Å². The van der Waals surface area contributed by atoms with Gasteiger partial charge in [0.05, 0.1) is 12.8 Å². The monoisotopic (exact) mass is 330 g/mol. The smallest absolute Gasteiger partial charge is 0.271 e. The van der Waals surface area contributed by atoms with Crippen molar-refractivity contribution in [2.24, 2.45) is 5.92 Å². The first-order valence-corrected chi connectivity index (χ1v) is 8.61. The van der Waals surface area contributed by atoms with Gasteiger partial charge in [0.1, 0.15) is 11.5 Å². The molecule has 1 atom stereocenters. The van der Waals surface area contributed by atoms with Crippen LogP contribution in [-0.2, 0) is 6.54 Å². The van der Waals surface area contributed by atoms with Crippen LogP contribution in [0.2, 0.25) is 0 Å². The topological polar surface area (TPSA) is 62.8 Å². The fourth-order valence-corrected chi connectivity index (χ4v) is 3.71. The number of fused-ring (bicyclic) bond motifs is 1. The summed E-state index contributed by atoms with van der Waals surface area (Å²) in [7, 11) is 0. The minimum Gasteiger partial charge on any atom is -0.468 e. The largest absolute Gasteiger partial charge is 0.468 e. The summed E-state index contributed by atoms with van der Waals surface area (Å²) in [6.07, 6.45) is 6.49. The third kappa shape index (κ3) is 3.16. The number of aromatic nitrogens is 2. The van der Waals surface area contributed by atoms with Gasteiger partial charge in [-0.2, -0.15) is 0 Å². The van der Waals surface area contributed by atoms with Crippen molar-refractivity contribution in [2.45, 2.75) is 13.0 Å². The number of carbonyl (C=O) groups excluding carboxylic acids is 1. The number of rotatable bonds is 5. The van der Waals surface area contributed by atoms with Crippen LogP contribution in [0.5, 0.6) is 0 Å². The van der Waals surface area contributed by atoms with Crippen LogP contribution in [0.4, 0.5) is 0 Å². The predicted octanol–water partition coefficient (Wildman–Crippen LogP) is 2.24. The second-order valence-corrected chi connectivity index (χ2v) is 6.77. The maximum Gasteiger partial charge on any atom is 0.271 e. The van der Waals surface area contributed by atoms with Gasteiger partial charge in [0, 0.05) is 30.9 Å². The number of hydrogen-bond acceptors (Lipinski definition) is 5. The molecular weight excluding hydrogens is 312 g/mol. The number of likely N-dealkylation sites (tertiary alicyclic amines) is 1. The zero-order valence-electron chi connectivity index (χ0n) is 12.6. The van der Waals surface area contributed by atoms with Crippen LogP contribution in [0.25, 0.3) is 4.96 Å². The van der Waals surface area contributed by atoms with E-state index in [1.54, 1.807) is 12.5 Å². The summed E-state index contributed by atoms with van der Waals surface area (Å²) in [6.45, 7) is 3.56. The van der Waals surface area contributed by atoms with Crippen molar-refractivity contribution in [3.05, 3.63) is 47.6 Å². The molecule has 120 valence electrons. The van der Waals surface area contributed by atoms with Crippen LogP contribution in [0.15, 0.2) is 40.6 Å². The van der Waals surface area contributed by atoms with E-state index in [9.17, 15) is 4.79 Å². The van der Waals surface area contributed by atoms with E-state index in [0.717, 1.165) is 36.8 Å². The molecule has 0 aliphatic carbocycles. The number of thiazole rings is 1. The Balaban J connectivity index is 1.28. The van der Waals surface area contributed by atoms with E-state index in [1.807, 2.05) is 28.1 Å². The third-order valence-electron chi connectivity index (χ3n) is 4.21. The highest BCUT2D eigenvalue weighted by Gasteiger charge is 2.24. The fraction of sp³-hybridized carbons (Fsp3) is 0.375. The van der Waals surface area contributed by atoms with Crippen molar-refractivity contribution in [2.75, 3.05) is 19.6 Å². The van der Waals surface area contributed by atoms with Crippen molar-refractivity contribution in [1.82, 2.24) is 19.6 Å². The van der Waals surface area contributed by atoms with Gasteiger partial charge < -0.3 is 9.73 Å². The van der Waals surface area contributed by atoms with Gasteiger partial charge in [-0.1, -0.05) is 0 Å². The highest BCUT2D eigenvalue weighted by Crippen LogP contribution is 2.18. The van der Waals surface area contributed by atoms with Gasteiger partial charge in [0.15, 0.2) is 4.96 Å². The number of nitrogens with one attached hydrogen (secondary N) is 1. The van der Waals surface area contributed by atoms with E-state index in [2.05, 4.69) is 15.2 Å². The molecule has 4 heterocycles. The minimum absolute atomic E-state index is 0.0922. The molecule has 0 radical (unpaired) electrons. The van der Waals surface area contributed by atoms with Gasteiger partial charge >= 0.3 is 0 Å². The molecular formula is C16H18N4O2S. The van der Waals surface area contributed by atoms with Crippen LogP contribution in [0.1, 0.15) is 22.7 Å². The van der Waals surface area contributed by atoms with E-state index in [-0.39, 0.29) is 5.91 Å². The van der Waals surface area contributed by atoms with Crippen LogP contribution in [0.3, 0.4) is 0 Å². The lowest BCUT2D eigenvalue weighted by Crippen LogP contribution is -2.31. The average molecular weight is 330 g/mol. The normalized spacial score (nSPS) is 18.7. The number of amides is 1. The molecule has 1 saturated heterocycles. The third-order valence-corrected chi connectivity index (χ3v) is 4.98. The van der Waals surface area contributed by atoms with Crippen LogP contribution >= 0.6 is 11.3 Å². The second kappa shape index (κ2) is 6.17. The molecule has 0 unspecified atom stereocenters. The van der Waals surface area contributed by atoms with Crippen LogP contribution in [-0.4, -0.2) is 39.8 Å². The quantitative estimate of drug-likeness (QED) is 0.779. The summed E-state index contributed by atoms with van der Waals surface area (Å²) in [6, 6.07) is 3.91. The molecule has 7 heteroatoms. The summed E-state index contributed by atoms with van der Waals surface area (Å²) in [5, 5.41) is 4.97. The lowest BCUT2D eigenvalue weighted by atomic mass is 10.1. The molecule has 0 aromatic carbocycles. The highest BCUT2D eigenvalue weighted by molar-refractivity contribution is 7.15. The van der Waals surface area contributed by atoms with E-state index in [1.165, 1.54) is 11.3 Å². The first-order valence-electron chi connectivity index (χ1n) is 7.73. The predicted molar refractivity (Wildman–Crippen MR) is 87.5 cm³/mol. The standard InChI is InChI=1S/C16H18N4O2S/c21-15(14-11-20-5-7-23-16(20)18-14)17-8-12-3-4-19(9-12)10-13-2-1-6-22-13/h1-2,5-7,11-12H,3-4,8-10H2,(H,17,21)/t12-/m0/s1. The van der Waals surface area contributed by atoms with Gasteiger partial charge in [-0.15, -0.1) is 11.3 Å². The lowest BCUT2D eigenvalue weighted by molar-refractivity contribution is 0.0943. The molecule has 0 saturated carbocycles. The van der Waals surface area contributed by atoms with Crippen molar-refractivity contribution in [3.63, 3.8) is 0 Å². The first-order chi connectivity index (χ1) is 11.3. The van der Waals surface area contributed by atoms with Gasteiger partial charge in [0.2, 0.25) is 0 Å². The van der Waals surface area contributed by atoms with E-state index in [0.29, 0.717) is 18.2 Å². The molecule has 1 fully saturated rings. The number of nitrogens with zero attached hydrogens (tertiary/aromatic N) is 3. The molecule has 0 spiro atoms. The summed E-state index contributed by atoms with van der Waals surface area (Å²) in [4.78, 5) is 19.7. The van der Waals surface area contributed by atoms with Crippen molar-refractivity contribution in [1.29, 1.82) is 0 Å². The highest BCUT2D eigenvalue weighted by atomic mass is 32.1. The van der Waals surface area contributed by atoms with Crippen molar-refractivity contribution < 1.29 is 9.21 Å². The number of furan rings is 1. The molecule has 1 amide bonds. The summed E-state index contributed by atoms with van der Waals surface area (Å²) in [5.41, 5.74) is 0.488.